The largest absolute Gasteiger partial charge is 0.366 e. The van der Waals surface area contributed by atoms with Crippen molar-refractivity contribution in [3.63, 3.8) is 0 Å². The summed E-state index contributed by atoms with van der Waals surface area (Å²) >= 11 is 3.37. The molecule has 0 fully saturated rings. The maximum absolute atomic E-state index is 4.46. The minimum absolute atomic E-state index is 0.685. The molecule has 0 unspecified atom stereocenters. The van der Waals surface area contributed by atoms with Gasteiger partial charge in [0.2, 0.25) is 0 Å². The Morgan fingerprint density at radius 1 is 1.10 bits per heavy atom. The van der Waals surface area contributed by atoms with Gasteiger partial charge in [-0.2, -0.15) is 0 Å². The minimum atomic E-state index is 0.685. The van der Waals surface area contributed by atoms with Crippen molar-refractivity contribution in [2.75, 3.05) is 5.32 Å². The van der Waals surface area contributed by atoms with Gasteiger partial charge in [-0.25, -0.2) is 15.0 Å². The number of aromatic nitrogens is 4. The molecule has 5 nitrogen and oxygen atoms in total. The fourth-order valence-electron chi connectivity index (χ4n) is 1.96. The second-order valence-electron chi connectivity index (χ2n) is 4.58. The summed E-state index contributed by atoms with van der Waals surface area (Å²) in [6.45, 7) is 2.64. The summed E-state index contributed by atoms with van der Waals surface area (Å²) in [6.07, 6.45) is 7.30. The van der Waals surface area contributed by atoms with Gasteiger partial charge in [0.05, 0.1) is 0 Å². The van der Waals surface area contributed by atoms with E-state index in [-0.39, 0.29) is 0 Å². The molecule has 106 valence electrons. The molecule has 21 heavy (non-hydrogen) atoms. The summed E-state index contributed by atoms with van der Waals surface area (Å²) in [5, 5.41) is 3.26. The number of nitrogens with one attached hydrogen (secondary N) is 1. The highest BCUT2D eigenvalue weighted by molar-refractivity contribution is 9.10. The molecule has 0 aliphatic rings. The first-order valence-electron chi connectivity index (χ1n) is 6.53. The molecule has 0 saturated carbocycles. The van der Waals surface area contributed by atoms with Gasteiger partial charge in [0.1, 0.15) is 17.5 Å². The second kappa shape index (κ2) is 6.05. The first kappa shape index (κ1) is 13.8. The average Bonchev–Trinajstić information content (AvgIpc) is 2.93. The number of anilines is 1. The van der Waals surface area contributed by atoms with E-state index in [9.17, 15) is 0 Å². The molecule has 0 aromatic carbocycles. The molecule has 0 radical (unpaired) electrons. The molecule has 0 bridgehead atoms. The molecular weight excluding hydrogens is 330 g/mol. The van der Waals surface area contributed by atoms with E-state index in [0.717, 1.165) is 27.5 Å². The molecule has 0 aliphatic carbocycles. The van der Waals surface area contributed by atoms with Crippen molar-refractivity contribution >= 4 is 21.7 Å². The van der Waals surface area contributed by atoms with E-state index in [2.05, 4.69) is 36.2 Å². The van der Waals surface area contributed by atoms with E-state index in [4.69, 9.17) is 0 Å². The van der Waals surface area contributed by atoms with Gasteiger partial charge in [-0.15, -0.1) is 0 Å². The number of hydrogen-bond acceptors (Lipinski definition) is 4. The molecule has 1 N–H and O–H groups in total. The average molecular weight is 344 g/mol. The lowest BCUT2D eigenvalue weighted by Crippen LogP contribution is -2.03. The third-order valence-electron chi connectivity index (χ3n) is 3.08. The van der Waals surface area contributed by atoms with Crippen molar-refractivity contribution in [1.82, 2.24) is 19.5 Å². The van der Waals surface area contributed by atoms with Crippen LogP contribution >= 0.6 is 15.9 Å². The Balaban J connectivity index is 1.67. The topological polar surface area (TPSA) is 55.6 Å². The van der Waals surface area contributed by atoms with E-state index in [0.29, 0.717) is 6.54 Å². The SMILES string of the molecule is Cc1nccn1-c1ccc(CNc2ccc(Br)cn2)cn1. The lowest BCUT2D eigenvalue weighted by atomic mass is 10.3. The Morgan fingerprint density at radius 2 is 2.00 bits per heavy atom. The zero-order valence-electron chi connectivity index (χ0n) is 11.5. The monoisotopic (exact) mass is 343 g/mol. The van der Waals surface area contributed by atoms with E-state index in [1.165, 1.54) is 0 Å². The Morgan fingerprint density at radius 3 is 2.62 bits per heavy atom. The predicted molar refractivity (Wildman–Crippen MR) is 85.4 cm³/mol. The van der Waals surface area contributed by atoms with Gasteiger partial charge in [0, 0.05) is 35.8 Å². The molecular formula is C15H14BrN5. The van der Waals surface area contributed by atoms with E-state index < -0.39 is 0 Å². The normalized spacial score (nSPS) is 10.6. The van der Waals surface area contributed by atoms with Gasteiger partial charge in [-0.05, 0) is 46.6 Å². The maximum atomic E-state index is 4.46. The molecule has 3 heterocycles. The van der Waals surface area contributed by atoms with E-state index >= 15 is 0 Å². The fraction of sp³-hybridized carbons (Fsp3) is 0.133. The highest BCUT2D eigenvalue weighted by Gasteiger charge is 2.02. The van der Waals surface area contributed by atoms with Crippen molar-refractivity contribution in [1.29, 1.82) is 0 Å². The van der Waals surface area contributed by atoms with Crippen molar-refractivity contribution in [3.05, 3.63) is 64.9 Å². The third-order valence-corrected chi connectivity index (χ3v) is 3.55. The molecule has 6 heteroatoms. The van der Waals surface area contributed by atoms with Gasteiger partial charge in [0.15, 0.2) is 0 Å². The van der Waals surface area contributed by atoms with Crippen molar-refractivity contribution < 1.29 is 0 Å². The zero-order chi connectivity index (χ0) is 14.7. The first-order chi connectivity index (χ1) is 10.2. The van der Waals surface area contributed by atoms with Gasteiger partial charge < -0.3 is 5.32 Å². The lowest BCUT2D eigenvalue weighted by molar-refractivity contribution is 0.925. The molecule has 0 atom stereocenters. The number of halogens is 1. The summed E-state index contributed by atoms with van der Waals surface area (Å²) in [5.41, 5.74) is 1.10. The number of nitrogens with zero attached hydrogens (tertiary/aromatic N) is 4. The summed E-state index contributed by atoms with van der Waals surface area (Å²) in [6, 6.07) is 7.92. The molecule has 0 amide bonds. The number of pyridine rings is 2. The Bertz CT molecular complexity index is 719. The van der Waals surface area contributed by atoms with Crippen LogP contribution in [0.1, 0.15) is 11.4 Å². The van der Waals surface area contributed by atoms with Crippen molar-refractivity contribution in [2.45, 2.75) is 13.5 Å². The molecule has 0 saturated heterocycles. The van der Waals surface area contributed by atoms with Crippen molar-refractivity contribution in [2.24, 2.45) is 0 Å². The summed E-state index contributed by atoms with van der Waals surface area (Å²) in [5.74, 6) is 2.63. The Labute approximate surface area is 131 Å². The molecule has 3 aromatic heterocycles. The fourth-order valence-corrected chi connectivity index (χ4v) is 2.19. The number of rotatable bonds is 4. The van der Waals surface area contributed by atoms with Crippen LogP contribution in [-0.2, 0) is 6.54 Å². The number of imidazole rings is 1. The molecule has 3 rings (SSSR count). The Kier molecular flexibility index (Phi) is 3.96. The molecule has 3 aromatic rings. The van der Waals surface area contributed by atoms with Gasteiger partial charge in [-0.1, -0.05) is 6.07 Å². The van der Waals surface area contributed by atoms with Crippen LogP contribution in [0.3, 0.4) is 0 Å². The van der Waals surface area contributed by atoms with Crippen LogP contribution in [0.25, 0.3) is 5.82 Å². The van der Waals surface area contributed by atoms with Gasteiger partial charge in [0.25, 0.3) is 0 Å². The minimum Gasteiger partial charge on any atom is -0.366 e. The highest BCUT2D eigenvalue weighted by Crippen LogP contribution is 2.12. The van der Waals surface area contributed by atoms with Gasteiger partial charge in [-0.3, -0.25) is 4.57 Å². The smallest absolute Gasteiger partial charge is 0.137 e. The maximum Gasteiger partial charge on any atom is 0.137 e. The van der Waals surface area contributed by atoms with Gasteiger partial charge >= 0.3 is 0 Å². The number of hydrogen-bond donors (Lipinski definition) is 1. The van der Waals surface area contributed by atoms with Crippen LogP contribution in [0.15, 0.2) is 53.5 Å². The molecule has 0 aliphatic heterocycles. The lowest BCUT2D eigenvalue weighted by Gasteiger charge is -2.07. The van der Waals surface area contributed by atoms with Crippen LogP contribution in [0.2, 0.25) is 0 Å². The number of aryl methyl sites for hydroxylation is 1. The second-order valence-corrected chi connectivity index (χ2v) is 5.50. The van der Waals surface area contributed by atoms with Crippen LogP contribution in [0, 0.1) is 6.92 Å². The van der Waals surface area contributed by atoms with Crippen LogP contribution in [-0.4, -0.2) is 19.5 Å². The van der Waals surface area contributed by atoms with E-state index in [1.807, 2.05) is 48.1 Å². The van der Waals surface area contributed by atoms with Crippen LogP contribution < -0.4 is 5.32 Å². The summed E-state index contributed by atoms with van der Waals surface area (Å²) in [7, 11) is 0. The Hall–Kier alpha value is -2.21. The zero-order valence-corrected chi connectivity index (χ0v) is 13.1. The third kappa shape index (κ3) is 3.28. The standard InChI is InChI=1S/C15H14BrN5/c1-11-17-6-7-21(11)15-5-2-12(9-20-15)8-18-14-4-3-13(16)10-19-14/h2-7,9-10H,8H2,1H3,(H,18,19). The quantitative estimate of drug-likeness (QED) is 0.789. The highest BCUT2D eigenvalue weighted by atomic mass is 79.9. The molecule has 0 spiro atoms. The van der Waals surface area contributed by atoms with E-state index in [1.54, 1.807) is 12.4 Å². The van der Waals surface area contributed by atoms with Crippen molar-refractivity contribution in [3.8, 4) is 5.82 Å². The summed E-state index contributed by atoms with van der Waals surface area (Å²) in [4.78, 5) is 12.9. The van der Waals surface area contributed by atoms with Crippen LogP contribution in [0.5, 0.6) is 0 Å². The summed E-state index contributed by atoms with van der Waals surface area (Å²) < 4.78 is 2.92. The predicted octanol–water partition coefficient (Wildman–Crippen LogP) is 3.35. The first-order valence-corrected chi connectivity index (χ1v) is 7.32. The van der Waals surface area contributed by atoms with Crippen LogP contribution in [0.4, 0.5) is 5.82 Å².